The quantitative estimate of drug-likeness (QED) is 0.847. The van der Waals surface area contributed by atoms with E-state index in [4.69, 9.17) is 11.5 Å². The van der Waals surface area contributed by atoms with E-state index in [-0.39, 0.29) is 24.9 Å². The zero-order valence-corrected chi connectivity index (χ0v) is 10.9. The first-order chi connectivity index (χ1) is 9.11. The van der Waals surface area contributed by atoms with Crippen molar-refractivity contribution in [2.75, 3.05) is 11.4 Å². The fourth-order valence-electron chi connectivity index (χ4n) is 2.70. The Hall–Kier alpha value is -1.62. The maximum atomic E-state index is 13.8. The molecule has 1 saturated carbocycles. The highest BCUT2D eigenvalue weighted by atomic mass is 19.1. The fourth-order valence-corrected chi connectivity index (χ4v) is 2.70. The van der Waals surface area contributed by atoms with E-state index >= 15 is 0 Å². The fraction of sp³-hybridized carbons (Fsp3) is 0.500. The SMILES string of the molecule is NCc1ccc(N(CC(N)=O)C2CCCC2)cc1F. The molecule has 0 saturated heterocycles. The summed E-state index contributed by atoms with van der Waals surface area (Å²) < 4.78 is 13.8. The summed E-state index contributed by atoms with van der Waals surface area (Å²) in [6.07, 6.45) is 4.33. The molecule has 1 aliphatic carbocycles. The van der Waals surface area contributed by atoms with E-state index in [9.17, 15) is 9.18 Å². The summed E-state index contributed by atoms with van der Waals surface area (Å²) >= 11 is 0. The lowest BCUT2D eigenvalue weighted by molar-refractivity contribution is -0.116. The van der Waals surface area contributed by atoms with Gasteiger partial charge in [0.05, 0.1) is 6.54 Å². The first kappa shape index (κ1) is 13.8. The van der Waals surface area contributed by atoms with Gasteiger partial charge in [-0.15, -0.1) is 0 Å². The molecule has 0 spiro atoms. The molecule has 0 unspecified atom stereocenters. The summed E-state index contributed by atoms with van der Waals surface area (Å²) in [4.78, 5) is 13.1. The van der Waals surface area contributed by atoms with Gasteiger partial charge in [0.2, 0.25) is 5.91 Å². The second-order valence-corrected chi connectivity index (χ2v) is 5.01. The normalized spacial score (nSPS) is 15.7. The molecule has 1 aromatic rings. The second kappa shape index (κ2) is 6.02. The molecule has 4 nitrogen and oxygen atoms in total. The number of carbonyl (C=O) groups is 1. The first-order valence-electron chi connectivity index (χ1n) is 6.65. The lowest BCUT2D eigenvalue weighted by Crippen LogP contribution is -2.40. The number of carbonyl (C=O) groups excluding carboxylic acids is 1. The van der Waals surface area contributed by atoms with E-state index in [0.29, 0.717) is 11.3 Å². The van der Waals surface area contributed by atoms with Crippen LogP contribution in [-0.4, -0.2) is 18.5 Å². The third-order valence-corrected chi connectivity index (χ3v) is 3.68. The predicted octanol–water partition coefficient (Wildman–Crippen LogP) is 1.52. The van der Waals surface area contributed by atoms with E-state index in [1.54, 1.807) is 6.07 Å². The summed E-state index contributed by atoms with van der Waals surface area (Å²) in [5, 5.41) is 0. The molecule has 0 aromatic heterocycles. The van der Waals surface area contributed by atoms with E-state index in [1.807, 2.05) is 11.0 Å². The molecule has 2 rings (SSSR count). The highest BCUT2D eigenvalue weighted by molar-refractivity contribution is 5.79. The van der Waals surface area contributed by atoms with Crippen molar-refractivity contribution < 1.29 is 9.18 Å². The topological polar surface area (TPSA) is 72.3 Å². The number of rotatable bonds is 5. The van der Waals surface area contributed by atoms with Crippen molar-refractivity contribution in [3.63, 3.8) is 0 Å². The van der Waals surface area contributed by atoms with Gasteiger partial charge in [0.15, 0.2) is 0 Å². The van der Waals surface area contributed by atoms with Crippen LogP contribution >= 0.6 is 0 Å². The molecule has 0 aliphatic heterocycles. The van der Waals surface area contributed by atoms with Crippen molar-refractivity contribution in [1.82, 2.24) is 0 Å². The highest BCUT2D eigenvalue weighted by Gasteiger charge is 2.24. The number of hydrogen-bond acceptors (Lipinski definition) is 3. The van der Waals surface area contributed by atoms with Gasteiger partial charge in [-0.3, -0.25) is 4.79 Å². The second-order valence-electron chi connectivity index (χ2n) is 5.01. The van der Waals surface area contributed by atoms with Gasteiger partial charge >= 0.3 is 0 Å². The van der Waals surface area contributed by atoms with Crippen LogP contribution in [0.25, 0.3) is 0 Å². The minimum absolute atomic E-state index is 0.131. The molecule has 1 aromatic carbocycles. The molecule has 19 heavy (non-hydrogen) atoms. The van der Waals surface area contributed by atoms with Crippen LogP contribution in [0.3, 0.4) is 0 Å². The summed E-state index contributed by atoms with van der Waals surface area (Å²) in [5.74, 6) is -0.720. The van der Waals surface area contributed by atoms with Crippen LogP contribution in [0.4, 0.5) is 10.1 Å². The van der Waals surface area contributed by atoms with Crippen molar-refractivity contribution in [3.05, 3.63) is 29.6 Å². The van der Waals surface area contributed by atoms with Crippen LogP contribution < -0.4 is 16.4 Å². The number of amides is 1. The number of nitrogens with zero attached hydrogens (tertiary/aromatic N) is 1. The Morgan fingerprint density at radius 3 is 2.58 bits per heavy atom. The van der Waals surface area contributed by atoms with Gasteiger partial charge in [0.1, 0.15) is 5.82 Å². The van der Waals surface area contributed by atoms with Crippen molar-refractivity contribution in [2.24, 2.45) is 11.5 Å². The van der Waals surface area contributed by atoms with Gasteiger partial charge < -0.3 is 16.4 Å². The van der Waals surface area contributed by atoms with E-state index in [2.05, 4.69) is 0 Å². The average molecular weight is 265 g/mol. The van der Waals surface area contributed by atoms with Gasteiger partial charge in [0, 0.05) is 23.8 Å². The lowest BCUT2D eigenvalue weighted by atomic mass is 10.1. The maximum absolute atomic E-state index is 13.8. The molecule has 1 amide bonds. The molecule has 0 radical (unpaired) electrons. The minimum atomic E-state index is -0.393. The third kappa shape index (κ3) is 3.23. The molecule has 0 atom stereocenters. The Kier molecular flexibility index (Phi) is 4.37. The number of nitrogens with two attached hydrogens (primary N) is 2. The highest BCUT2D eigenvalue weighted by Crippen LogP contribution is 2.29. The van der Waals surface area contributed by atoms with Gasteiger partial charge in [-0.25, -0.2) is 4.39 Å². The average Bonchev–Trinajstić information content (AvgIpc) is 2.89. The minimum Gasteiger partial charge on any atom is -0.368 e. The summed E-state index contributed by atoms with van der Waals surface area (Å²) in [6.45, 7) is 0.303. The first-order valence-corrected chi connectivity index (χ1v) is 6.65. The molecule has 104 valence electrons. The Bertz CT molecular complexity index is 458. The maximum Gasteiger partial charge on any atom is 0.236 e. The van der Waals surface area contributed by atoms with Crippen molar-refractivity contribution in [3.8, 4) is 0 Å². The van der Waals surface area contributed by atoms with Crippen LogP contribution in [0.1, 0.15) is 31.2 Å². The van der Waals surface area contributed by atoms with Crippen molar-refractivity contribution in [1.29, 1.82) is 0 Å². The van der Waals surface area contributed by atoms with Gasteiger partial charge in [-0.1, -0.05) is 18.9 Å². The number of hydrogen-bond donors (Lipinski definition) is 2. The van der Waals surface area contributed by atoms with Gasteiger partial charge in [-0.2, -0.15) is 0 Å². The third-order valence-electron chi connectivity index (χ3n) is 3.68. The molecule has 0 bridgehead atoms. The summed E-state index contributed by atoms with van der Waals surface area (Å²) in [7, 11) is 0. The van der Waals surface area contributed by atoms with Crippen LogP contribution in [0.5, 0.6) is 0 Å². The van der Waals surface area contributed by atoms with Gasteiger partial charge in [0.25, 0.3) is 0 Å². The molecule has 1 aliphatic rings. The van der Waals surface area contributed by atoms with Crippen molar-refractivity contribution in [2.45, 2.75) is 38.3 Å². The number of primary amides is 1. The van der Waals surface area contributed by atoms with Crippen LogP contribution in [-0.2, 0) is 11.3 Å². The largest absolute Gasteiger partial charge is 0.368 e. The van der Waals surface area contributed by atoms with Crippen molar-refractivity contribution >= 4 is 11.6 Å². The van der Waals surface area contributed by atoms with E-state index in [1.165, 1.54) is 6.07 Å². The van der Waals surface area contributed by atoms with Crippen LogP contribution in [0.15, 0.2) is 18.2 Å². The molecule has 5 heteroatoms. The Balaban J connectivity index is 2.26. The lowest BCUT2D eigenvalue weighted by Gasteiger charge is -2.30. The summed E-state index contributed by atoms with van der Waals surface area (Å²) in [5.41, 5.74) is 11.9. The van der Waals surface area contributed by atoms with Crippen LogP contribution in [0, 0.1) is 5.82 Å². The molecular weight excluding hydrogens is 245 g/mol. The Labute approximate surface area is 112 Å². The Morgan fingerprint density at radius 1 is 1.37 bits per heavy atom. The zero-order chi connectivity index (χ0) is 13.8. The van der Waals surface area contributed by atoms with Crippen LogP contribution in [0.2, 0.25) is 0 Å². The number of halogens is 1. The molecule has 1 fully saturated rings. The van der Waals surface area contributed by atoms with E-state index < -0.39 is 5.91 Å². The van der Waals surface area contributed by atoms with E-state index in [0.717, 1.165) is 25.7 Å². The molecule has 4 N–H and O–H groups in total. The van der Waals surface area contributed by atoms with Gasteiger partial charge in [-0.05, 0) is 25.0 Å². The Morgan fingerprint density at radius 2 is 2.05 bits per heavy atom. The summed E-state index contributed by atoms with van der Waals surface area (Å²) in [6, 6.07) is 5.21. The number of benzene rings is 1. The zero-order valence-electron chi connectivity index (χ0n) is 10.9. The smallest absolute Gasteiger partial charge is 0.236 e. The predicted molar refractivity (Wildman–Crippen MR) is 73.1 cm³/mol. The standard InChI is InChI=1S/C14H20FN3O/c15-13-7-12(6-5-10(13)8-16)18(9-14(17)19)11-3-1-2-4-11/h5-7,11H,1-4,8-9,16H2,(H2,17,19). The number of anilines is 1. The molecular formula is C14H20FN3O. The molecule has 0 heterocycles. The monoisotopic (exact) mass is 265 g/mol.